The lowest BCUT2D eigenvalue weighted by Gasteiger charge is -2.12. The van der Waals surface area contributed by atoms with Gasteiger partial charge in [0.2, 0.25) is 0 Å². The Bertz CT molecular complexity index is 601. The van der Waals surface area contributed by atoms with Crippen molar-refractivity contribution in [1.29, 1.82) is 0 Å². The van der Waals surface area contributed by atoms with Crippen molar-refractivity contribution in [2.45, 2.75) is 84.0 Å². The molecule has 1 aromatic carbocycles. The van der Waals surface area contributed by atoms with Gasteiger partial charge in [0.05, 0.1) is 19.1 Å². The summed E-state index contributed by atoms with van der Waals surface area (Å²) < 4.78 is 11.5. The summed E-state index contributed by atoms with van der Waals surface area (Å²) in [5.41, 5.74) is 0. The van der Waals surface area contributed by atoms with Gasteiger partial charge in [-0.25, -0.2) is 0 Å². The Labute approximate surface area is 180 Å². The Hall–Kier alpha value is -2.24. The van der Waals surface area contributed by atoms with Gasteiger partial charge in [-0.05, 0) is 31.4 Å². The van der Waals surface area contributed by atoms with Gasteiger partial charge in [0.1, 0.15) is 0 Å². The van der Waals surface area contributed by atoms with E-state index in [1.807, 2.05) is 24.3 Å². The average molecular weight is 423 g/mol. The summed E-state index contributed by atoms with van der Waals surface area (Å²) in [5, 5.41) is 17.5. The van der Waals surface area contributed by atoms with Crippen molar-refractivity contribution in [1.82, 2.24) is 0 Å². The summed E-state index contributed by atoms with van der Waals surface area (Å²) in [6, 6.07) is 7.51. The van der Waals surface area contributed by atoms with Gasteiger partial charge in [-0.2, -0.15) is 0 Å². The molecule has 30 heavy (non-hydrogen) atoms. The Morgan fingerprint density at radius 1 is 0.767 bits per heavy atom. The SMILES string of the molecule is CC(CCCCCCCCCCCOc1ccccc1OCCCC(=O)O)C(=O)O. The van der Waals surface area contributed by atoms with Gasteiger partial charge in [-0.1, -0.05) is 70.4 Å². The van der Waals surface area contributed by atoms with Crippen molar-refractivity contribution in [2.75, 3.05) is 13.2 Å². The minimum atomic E-state index is -0.812. The average Bonchev–Trinajstić information content (AvgIpc) is 2.72. The van der Waals surface area contributed by atoms with Crippen molar-refractivity contribution < 1.29 is 29.3 Å². The zero-order chi connectivity index (χ0) is 22.0. The number of para-hydroxylation sites is 2. The molecule has 0 aliphatic rings. The largest absolute Gasteiger partial charge is 0.490 e. The molecule has 0 bridgehead atoms. The quantitative estimate of drug-likeness (QED) is 0.268. The number of ether oxygens (including phenoxy) is 2. The van der Waals surface area contributed by atoms with Gasteiger partial charge in [-0.15, -0.1) is 0 Å². The maximum atomic E-state index is 10.8. The molecule has 0 spiro atoms. The lowest BCUT2D eigenvalue weighted by Crippen LogP contribution is -2.08. The fourth-order valence-corrected chi connectivity index (χ4v) is 3.19. The highest BCUT2D eigenvalue weighted by molar-refractivity contribution is 5.69. The summed E-state index contributed by atoms with van der Waals surface area (Å²) in [6.45, 7) is 2.79. The second kappa shape index (κ2) is 16.5. The maximum Gasteiger partial charge on any atom is 0.306 e. The number of carboxylic acids is 2. The van der Waals surface area contributed by atoms with E-state index in [1.165, 1.54) is 32.1 Å². The summed E-state index contributed by atoms with van der Waals surface area (Å²) in [5.74, 6) is -0.340. The molecule has 170 valence electrons. The van der Waals surface area contributed by atoms with Gasteiger partial charge < -0.3 is 19.7 Å². The van der Waals surface area contributed by atoms with Crippen LogP contribution in [0, 0.1) is 5.92 Å². The Morgan fingerprint density at radius 3 is 1.73 bits per heavy atom. The standard InChI is InChI=1S/C24H38O6/c1-20(24(27)28)14-9-7-5-3-2-4-6-8-12-18-29-21-15-10-11-16-22(21)30-19-13-17-23(25)26/h10-11,15-16,20H,2-9,12-14,17-19H2,1H3,(H,25,26)(H,27,28). The van der Waals surface area contributed by atoms with E-state index in [-0.39, 0.29) is 12.3 Å². The molecule has 0 radical (unpaired) electrons. The molecule has 1 rings (SSSR count). The molecule has 1 atom stereocenters. The summed E-state index contributed by atoms with van der Waals surface area (Å²) >= 11 is 0. The first kappa shape index (κ1) is 25.8. The minimum Gasteiger partial charge on any atom is -0.490 e. The van der Waals surface area contributed by atoms with Crippen molar-refractivity contribution >= 4 is 11.9 Å². The van der Waals surface area contributed by atoms with E-state index in [1.54, 1.807) is 6.92 Å². The number of aliphatic carboxylic acids is 2. The number of unbranched alkanes of at least 4 members (excludes halogenated alkanes) is 8. The van der Waals surface area contributed by atoms with Crippen LogP contribution in [0.1, 0.15) is 84.0 Å². The van der Waals surface area contributed by atoms with Gasteiger partial charge in [-0.3, -0.25) is 9.59 Å². The van der Waals surface area contributed by atoms with Gasteiger partial charge in [0.15, 0.2) is 11.5 Å². The van der Waals surface area contributed by atoms with Crippen LogP contribution >= 0.6 is 0 Å². The van der Waals surface area contributed by atoms with Crippen LogP contribution in [0.5, 0.6) is 11.5 Å². The molecule has 0 aliphatic carbocycles. The van der Waals surface area contributed by atoms with Crippen molar-refractivity contribution in [3.05, 3.63) is 24.3 Å². The third-order valence-electron chi connectivity index (χ3n) is 5.10. The lowest BCUT2D eigenvalue weighted by molar-refractivity contribution is -0.141. The third-order valence-corrected chi connectivity index (χ3v) is 5.10. The predicted molar refractivity (Wildman–Crippen MR) is 117 cm³/mol. The molecule has 0 fully saturated rings. The predicted octanol–water partition coefficient (Wildman–Crippen LogP) is 5.93. The molecule has 0 heterocycles. The fourth-order valence-electron chi connectivity index (χ4n) is 3.19. The van der Waals surface area contributed by atoms with Gasteiger partial charge in [0, 0.05) is 6.42 Å². The normalized spacial score (nSPS) is 11.8. The van der Waals surface area contributed by atoms with E-state index in [2.05, 4.69) is 0 Å². The zero-order valence-corrected chi connectivity index (χ0v) is 18.3. The molecule has 0 saturated carbocycles. The van der Waals surface area contributed by atoms with Crippen LogP contribution in [0.3, 0.4) is 0 Å². The highest BCUT2D eigenvalue weighted by Gasteiger charge is 2.09. The molecule has 6 heteroatoms. The second-order valence-electron chi connectivity index (χ2n) is 7.85. The second-order valence-corrected chi connectivity index (χ2v) is 7.85. The summed E-state index contributed by atoms with van der Waals surface area (Å²) in [6.07, 6.45) is 11.7. The number of carboxylic acid groups (broad SMARTS) is 2. The van der Waals surface area contributed by atoms with E-state index in [4.69, 9.17) is 19.7 Å². The summed E-state index contributed by atoms with van der Waals surface area (Å²) in [7, 11) is 0. The molecule has 0 aromatic heterocycles. The van der Waals surface area contributed by atoms with Gasteiger partial charge >= 0.3 is 11.9 Å². The topological polar surface area (TPSA) is 93.1 Å². The lowest BCUT2D eigenvalue weighted by atomic mass is 10.0. The van der Waals surface area contributed by atoms with E-state index in [0.29, 0.717) is 31.1 Å². The monoisotopic (exact) mass is 422 g/mol. The first-order valence-electron chi connectivity index (χ1n) is 11.3. The molecule has 0 amide bonds. The van der Waals surface area contributed by atoms with Gasteiger partial charge in [0.25, 0.3) is 0 Å². The maximum absolute atomic E-state index is 10.8. The van der Waals surface area contributed by atoms with E-state index in [0.717, 1.165) is 32.1 Å². The number of hydrogen-bond donors (Lipinski definition) is 2. The van der Waals surface area contributed by atoms with E-state index >= 15 is 0 Å². The van der Waals surface area contributed by atoms with Crippen LogP contribution in [-0.2, 0) is 9.59 Å². The molecule has 2 N–H and O–H groups in total. The van der Waals surface area contributed by atoms with Crippen molar-refractivity contribution in [3.63, 3.8) is 0 Å². The molecule has 1 unspecified atom stereocenters. The van der Waals surface area contributed by atoms with Crippen LogP contribution in [0.15, 0.2) is 24.3 Å². The minimum absolute atomic E-state index is 0.104. The smallest absolute Gasteiger partial charge is 0.306 e. The zero-order valence-electron chi connectivity index (χ0n) is 18.3. The highest BCUT2D eigenvalue weighted by atomic mass is 16.5. The Balaban J connectivity index is 2.00. The third kappa shape index (κ3) is 13.1. The highest BCUT2D eigenvalue weighted by Crippen LogP contribution is 2.27. The first-order valence-corrected chi connectivity index (χ1v) is 11.3. The number of rotatable bonds is 19. The van der Waals surface area contributed by atoms with E-state index in [9.17, 15) is 9.59 Å². The van der Waals surface area contributed by atoms with Crippen LogP contribution in [-0.4, -0.2) is 35.4 Å². The molecule has 0 saturated heterocycles. The fraction of sp³-hybridized carbons (Fsp3) is 0.667. The van der Waals surface area contributed by atoms with Crippen LogP contribution in [0.4, 0.5) is 0 Å². The van der Waals surface area contributed by atoms with E-state index < -0.39 is 11.9 Å². The number of carbonyl (C=O) groups is 2. The number of hydrogen-bond acceptors (Lipinski definition) is 4. The molecular weight excluding hydrogens is 384 g/mol. The van der Waals surface area contributed by atoms with Crippen LogP contribution < -0.4 is 9.47 Å². The van der Waals surface area contributed by atoms with Crippen LogP contribution in [0.2, 0.25) is 0 Å². The Kier molecular flexibility index (Phi) is 14.2. The molecule has 6 nitrogen and oxygen atoms in total. The molecule has 1 aromatic rings. The first-order chi connectivity index (χ1) is 14.5. The Morgan fingerprint density at radius 2 is 1.23 bits per heavy atom. The molecule has 0 aliphatic heterocycles. The number of benzene rings is 1. The van der Waals surface area contributed by atoms with Crippen molar-refractivity contribution in [2.24, 2.45) is 5.92 Å². The van der Waals surface area contributed by atoms with Crippen molar-refractivity contribution in [3.8, 4) is 11.5 Å². The summed E-state index contributed by atoms with van der Waals surface area (Å²) in [4.78, 5) is 21.3. The molecular formula is C24H38O6. The van der Waals surface area contributed by atoms with Crippen LogP contribution in [0.25, 0.3) is 0 Å².